The topological polar surface area (TPSA) is 38.9 Å². The summed E-state index contributed by atoms with van der Waals surface area (Å²) in [5.74, 6) is -0.299. The molecule has 0 atom stereocenters. The normalized spacial score (nSPS) is 11.1. The van der Waals surface area contributed by atoms with Crippen LogP contribution in [0.3, 0.4) is 0 Å². The molecule has 227 valence electrons. The predicted molar refractivity (Wildman–Crippen MR) is 178 cm³/mol. The van der Waals surface area contributed by atoms with Crippen molar-refractivity contribution in [3.63, 3.8) is 0 Å². The first-order valence-corrected chi connectivity index (χ1v) is 14.7. The van der Waals surface area contributed by atoms with E-state index >= 15 is 0 Å². The van der Waals surface area contributed by atoms with Crippen molar-refractivity contribution in [3.05, 3.63) is 145 Å². The van der Waals surface area contributed by atoms with Crippen LogP contribution in [-0.2, 0) is 26.5 Å². The Morgan fingerprint density at radius 2 is 1.53 bits per heavy atom. The quantitative estimate of drug-likeness (QED) is 0.167. The Kier molecular flexibility index (Phi) is 9.72. The average molecular weight is 769 g/mol. The maximum absolute atomic E-state index is 14.7. The Bertz CT molecular complexity index is 2030. The zero-order valence-electron chi connectivity index (χ0n) is 25.7. The second kappa shape index (κ2) is 13.7. The number of benzene rings is 4. The molecule has 0 aliphatic heterocycles. The molecule has 0 N–H and O–H groups in total. The van der Waals surface area contributed by atoms with E-state index in [1.165, 1.54) is 11.6 Å². The second-order valence-corrected chi connectivity index (χ2v) is 12.1. The van der Waals surface area contributed by atoms with E-state index in [-0.39, 0.29) is 25.9 Å². The molecule has 1 radical (unpaired) electrons. The third-order valence-corrected chi connectivity index (χ3v) is 7.33. The number of aromatic nitrogens is 2. The predicted octanol–water partition coefficient (Wildman–Crippen LogP) is 10.7. The number of furan rings is 1. The molecule has 0 spiro atoms. The number of rotatable bonds is 4. The Morgan fingerprint density at radius 3 is 2.22 bits per heavy atom. The zero-order chi connectivity index (χ0) is 30.7. The van der Waals surface area contributed by atoms with Gasteiger partial charge in [0.2, 0.25) is 0 Å². The molecule has 0 aliphatic rings. The van der Waals surface area contributed by atoms with Crippen molar-refractivity contribution < 1.29 is 28.9 Å². The zero-order valence-corrected chi connectivity index (χ0v) is 28.1. The molecule has 0 aliphatic carbocycles. The van der Waals surface area contributed by atoms with Crippen molar-refractivity contribution in [2.75, 3.05) is 0 Å². The van der Waals surface area contributed by atoms with Gasteiger partial charge >= 0.3 is 0 Å². The van der Waals surface area contributed by atoms with Gasteiger partial charge in [0.05, 0.1) is 11.1 Å². The summed E-state index contributed by atoms with van der Waals surface area (Å²) in [6, 6.07) is 39.1. The summed E-state index contributed by atoms with van der Waals surface area (Å²) >= 11 is 0. The molecule has 0 unspecified atom stereocenters. The van der Waals surface area contributed by atoms with Gasteiger partial charge in [0.1, 0.15) is 11.4 Å². The molecular formula is C40H33FIrN2O-2. The van der Waals surface area contributed by atoms with Crippen molar-refractivity contribution in [3.8, 4) is 33.6 Å². The van der Waals surface area contributed by atoms with Gasteiger partial charge in [-0.3, -0.25) is 0 Å². The van der Waals surface area contributed by atoms with E-state index in [0.29, 0.717) is 22.1 Å². The van der Waals surface area contributed by atoms with Gasteiger partial charge in [0.15, 0.2) is 0 Å². The molecule has 3 nitrogen and oxygen atoms in total. The molecule has 0 fully saturated rings. The first-order chi connectivity index (χ1) is 21.3. The SMILES string of the molecule is CC(C)(C)Cc1ccc(-c2[c-]cccc2)nc1.Cc1ccnc(-c2[c-]ccc3c2oc2c(-c4ccccc4)c(F)ccc23)c1.[Ir]. The largest absolute Gasteiger partial charge is 0.500 e. The standard InChI is InChI=1S/C24H15FNO.C16H18N.Ir/c1-15-12-13-26-21(14-15)19-9-5-8-17-18-10-11-20(25)22(24(18)27-23(17)19)16-6-3-2-4-7-16;1-16(2,3)11-13-9-10-15(17-12-13)14-7-5-4-6-8-14;/h2-8,10-14H,1H3;4-7,9-10,12H,11H2,1-3H3;/q2*-1;. The number of halogens is 1. The number of hydrogen-bond donors (Lipinski definition) is 0. The van der Waals surface area contributed by atoms with Gasteiger partial charge in [-0.2, -0.15) is 0 Å². The maximum Gasteiger partial charge on any atom is 0.134 e. The second-order valence-electron chi connectivity index (χ2n) is 12.1. The summed E-state index contributed by atoms with van der Waals surface area (Å²) in [4.78, 5) is 8.96. The molecule has 0 amide bonds. The van der Waals surface area contributed by atoms with E-state index < -0.39 is 0 Å². The third-order valence-electron chi connectivity index (χ3n) is 7.33. The molecule has 3 heterocycles. The van der Waals surface area contributed by atoms with Crippen molar-refractivity contribution in [1.82, 2.24) is 9.97 Å². The molecule has 4 aromatic carbocycles. The number of aryl methyl sites for hydroxylation is 1. The summed E-state index contributed by atoms with van der Waals surface area (Å²) in [5.41, 5.74) is 8.81. The third kappa shape index (κ3) is 7.28. The minimum absolute atomic E-state index is 0. The molecule has 0 saturated carbocycles. The maximum atomic E-state index is 14.7. The minimum Gasteiger partial charge on any atom is -0.500 e. The Morgan fingerprint density at radius 1 is 0.756 bits per heavy atom. The van der Waals surface area contributed by atoms with Crippen LogP contribution in [0.15, 0.2) is 120 Å². The summed E-state index contributed by atoms with van der Waals surface area (Å²) in [6.07, 6.45) is 4.80. The monoisotopic (exact) mass is 769 g/mol. The van der Waals surface area contributed by atoms with Crippen LogP contribution in [0.4, 0.5) is 4.39 Å². The van der Waals surface area contributed by atoms with Crippen LogP contribution in [0.1, 0.15) is 31.9 Å². The fourth-order valence-corrected chi connectivity index (χ4v) is 5.37. The summed E-state index contributed by atoms with van der Waals surface area (Å²) in [6.45, 7) is 8.75. The van der Waals surface area contributed by atoms with E-state index in [0.717, 1.165) is 50.8 Å². The van der Waals surface area contributed by atoms with Crippen LogP contribution >= 0.6 is 0 Å². The van der Waals surface area contributed by atoms with Crippen LogP contribution < -0.4 is 0 Å². The van der Waals surface area contributed by atoms with Crippen LogP contribution in [-0.4, -0.2) is 9.97 Å². The van der Waals surface area contributed by atoms with E-state index in [9.17, 15) is 4.39 Å². The van der Waals surface area contributed by atoms with Crippen molar-refractivity contribution in [1.29, 1.82) is 0 Å². The fourth-order valence-electron chi connectivity index (χ4n) is 5.37. The van der Waals surface area contributed by atoms with Crippen molar-refractivity contribution >= 4 is 21.9 Å². The molecule has 0 bridgehead atoms. The average Bonchev–Trinajstić information content (AvgIpc) is 3.40. The Balaban J connectivity index is 0.000000193. The number of fused-ring (bicyclic) bond motifs is 3. The van der Waals surface area contributed by atoms with Crippen LogP contribution in [0.2, 0.25) is 0 Å². The van der Waals surface area contributed by atoms with Crippen molar-refractivity contribution in [2.24, 2.45) is 5.41 Å². The summed E-state index contributed by atoms with van der Waals surface area (Å²) in [7, 11) is 0. The van der Waals surface area contributed by atoms with Crippen LogP contribution in [0.5, 0.6) is 0 Å². The van der Waals surface area contributed by atoms with Gasteiger partial charge in [-0.05, 0) is 59.5 Å². The fraction of sp³-hybridized carbons (Fsp3) is 0.150. The number of hydrogen-bond acceptors (Lipinski definition) is 3. The minimum atomic E-state index is -0.299. The number of nitrogens with zero attached hydrogens (tertiary/aromatic N) is 2. The first kappa shape index (κ1) is 32.0. The first-order valence-electron chi connectivity index (χ1n) is 14.7. The summed E-state index contributed by atoms with van der Waals surface area (Å²) in [5, 5.41) is 1.81. The summed E-state index contributed by atoms with van der Waals surface area (Å²) < 4.78 is 21.0. The molecular weight excluding hydrogens is 736 g/mol. The van der Waals surface area contributed by atoms with Gasteiger partial charge < -0.3 is 14.4 Å². The molecule has 5 heteroatoms. The van der Waals surface area contributed by atoms with E-state index in [4.69, 9.17) is 4.42 Å². The van der Waals surface area contributed by atoms with Gasteiger partial charge in [0, 0.05) is 37.9 Å². The van der Waals surface area contributed by atoms with Gasteiger partial charge in [0.25, 0.3) is 0 Å². The van der Waals surface area contributed by atoms with Crippen LogP contribution in [0, 0.1) is 30.3 Å². The number of pyridine rings is 2. The van der Waals surface area contributed by atoms with Crippen LogP contribution in [0.25, 0.3) is 55.6 Å². The smallest absolute Gasteiger partial charge is 0.134 e. The Hall–Kier alpha value is -4.44. The molecule has 3 aromatic heterocycles. The molecule has 7 aromatic rings. The van der Waals surface area contributed by atoms with Gasteiger partial charge in [-0.15, -0.1) is 54.1 Å². The van der Waals surface area contributed by atoms with Crippen molar-refractivity contribution in [2.45, 2.75) is 34.1 Å². The molecule has 7 rings (SSSR count). The van der Waals surface area contributed by atoms with Gasteiger partial charge in [-0.25, -0.2) is 4.39 Å². The van der Waals surface area contributed by atoms with E-state index in [1.807, 2.05) is 92.0 Å². The van der Waals surface area contributed by atoms with E-state index in [1.54, 1.807) is 12.3 Å². The van der Waals surface area contributed by atoms with E-state index in [2.05, 4.69) is 55.0 Å². The molecule has 0 saturated heterocycles. The molecule has 45 heavy (non-hydrogen) atoms. The van der Waals surface area contributed by atoms with Gasteiger partial charge in [-0.1, -0.05) is 85.8 Å². The Labute approximate surface area is 277 Å².